The fourth-order valence-electron chi connectivity index (χ4n) is 2.05. The Balaban J connectivity index is 1.35. The van der Waals surface area contributed by atoms with Gasteiger partial charge in [0.2, 0.25) is 0 Å². The molecular weight excluding hydrogens is 222 g/mol. The highest BCUT2D eigenvalue weighted by molar-refractivity contribution is 5.14. The van der Waals surface area contributed by atoms with Crippen molar-refractivity contribution in [2.45, 2.75) is 44.6 Å². The first-order valence-electron chi connectivity index (χ1n) is 7.30. The second-order valence-corrected chi connectivity index (χ2v) is 5.14. The Morgan fingerprint density at radius 1 is 1.00 bits per heavy atom. The summed E-state index contributed by atoms with van der Waals surface area (Å²) in [6.45, 7) is 2.98. The summed E-state index contributed by atoms with van der Waals surface area (Å²) in [5, 5.41) is 3.52. The Bertz CT molecular complexity index is 308. The number of hydrogen-bond acceptors (Lipinski definition) is 2. The van der Waals surface area contributed by atoms with Crippen LogP contribution in [-0.4, -0.2) is 25.8 Å². The van der Waals surface area contributed by atoms with Crippen molar-refractivity contribution in [3.8, 4) is 0 Å². The van der Waals surface area contributed by atoms with Crippen LogP contribution in [0.15, 0.2) is 30.3 Å². The highest BCUT2D eigenvalue weighted by atomic mass is 16.5. The summed E-state index contributed by atoms with van der Waals surface area (Å²) in [6.07, 6.45) is 7.46. The van der Waals surface area contributed by atoms with Gasteiger partial charge in [-0.1, -0.05) is 30.3 Å². The van der Waals surface area contributed by atoms with Crippen LogP contribution in [-0.2, 0) is 11.2 Å². The normalized spacial score (nSPS) is 14.9. The van der Waals surface area contributed by atoms with Crippen molar-refractivity contribution in [1.82, 2.24) is 5.32 Å². The molecular formula is C16H25NO. The molecule has 2 rings (SSSR count). The van der Waals surface area contributed by atoms with E-state index in [0.717, 1.165) is 38.6 Å². The van der Waals surface area contributed by atoms with Gasteiger partial charge in [-0.2, -0.15) is 0 Å². The van der Waals surface area contributed by atoms with Gasteiger partial charge >= 0.3 is 0 Å². The molecule has 0 bridgehead atoms. The topological polar surface area (TPSA) is 21.3 Å². The van der Waals surface area contributed by atoms with Gasteiger partial charge in [0.05, 0.1) is 0 Å². The highest BCUT2D eigenvalue weighted by Crippen LogP contribution is 2.18. The molecule has 1 aromatic carbocycles. The van der Waals surface area contributed by atoms with Crippen LogP contribution in [0.1, 0.15) is 37.7 Å². The van der Waals surface area contributed by atoms with Crippen LogP contribution in [0.2, 0.25) is 0 Å². The third kappa shape index (κ3) is 6.18. The van der Waals surface area contributed by atoms with Crippen molar-refractivity contribution < 1.29 is 4.74 Å². The Labute approximate surface area is 111 Å². The summed E-state index contributed by atoms with van der Waals surface area (Å²) in [5.74, 6) is 0. The number of aryl methyl sites for hydroxylation is 1. The van der Waals surface area contributed by atoms with E-state index >= 15 is 0 Å². The van der Waals surface area contributed by atoms with Gasteiger partial charge in [0, 0.05) is 19.3 Å². The zero-order chi connectivity index (χ0) is 12.5. The molecule has 2 nitrogen and oxygen atoms in total. The molecule has 0 spiro atoms. The van der Waals surface area contributed by atoms with Crippen LogP contribution < -0.4 is 5.32 Å². The SMILES string of the molecule is c1ccc(CCCOCCCCNC2CC2)cc1. The van der Waals surface area contributed by atoms with E-state index in [1.807, 2.05) is 0 Å². The quantitative estimate of drug-likeness (QED) is 0.641. The number of nitrogens with one attached hydrogen (secondary N) is 1. The zero-order valence-electron chi connectivity index (χ0n) is 11.2. The lowest BCUT2D eigenvalue weighted by atomic mass is 10.1. The van der Waals surface area contributed by atoms with Gasteiger partial charge in [-0.15, -0.1) is 0 Å². The summed E-state index contributed by atoms with van der Waals surface area (Å²) >= 11 is 0. The standard InChI is InChI=1S/C16H25NO/c1-2-7-15(8-3-1)9-6-14-18-13-5-4-12-17-16-10-11-16/h1-3,7-8,16-17H,4-6,9-14H2. The van der Waals surface area contributed by atoms with E-state index in [1.54, 1.807) is 0 Å². The van der Waals surface area contributed by atoms with Crippen LogP contribution in [0, 0.1) is 0 Å². The fourth-order valence-corrected chi connectivity index (χ4v) is 2.05. The van der Waals surface area contributed by atoms with Gasteiger partial charge in [0.25, 0.3) is 0 Å². The molecule has 1 aliphatic carbocycles. The Morgan fingerprint density at radius 2 is 1.78 bits per heavy atom. The molecule has 0 aromatic heterocycles. The molecule has 0 atom stereocenters. The Morgan fingerprint density at radius 3 is 2.56 bits per heavy atom. The number of hydrogen-bond donors (Lipinski definition) is 1. The molecule has 100 valence electrons. The maximum absolute atomic E-state index is 5.65. The first-order chi connectivity index (χ1) is 8.95. The minimum absolute atomic E-state index is 0.844. The highest BCUT2D eigenvalue weighted by Gasteiger charge is 2.19. The molecule has 1 N–H and O–H groups in total. The molecule has 0 saturated heterocycles. The Kier molecular flexibility index (Phi) is 6.24. The van der Waals surface area contributed by atoms with Crippen molar-refractivity contribution in [2.75, 3.05) is 19.8 Å². The molecule has 2 heteroatoms. The molecule has 1 fully saturated rings. The minimum Gasteiger partial charge on any atom is -0.381 e. The number of benzene rings is 1. The third-order valence-corrected chi connectivity index (χ3v) is 3.32. The van der Waals surface area contributed by atoms with Crippen molar-refractivity contribution >= 4 is 0 Å². The largest absolute Gasteiger partial charge is 0.381 e. The molecule has 0 unspecified atom stereocenters. The van der Waals surface area contributed by atoms with E-state index in [4.69, 9.17) is 4.74 Å². The molecule has 1 aliphatic rings. The maximum atomic E-state index is 5.65. The van der Waals surface area contributed by atoms with E-state index < -0.39 is 0 Å². The van der Waals surface area contributed by atoms with Crippen LogP contribution in [0.25, 0.3) is 0 Å². The third-order valence-electron chi connectivity index (χ3n) is 3.32. The van der Waals surface area contributed by atoms with Gasteiger partial charge in [-0.25, -0.2) is 0 Å². The summed E-state index contributed by atoms with van der Waals surface area (Å²) in [7, 11) is 0. The van der Waals surface area contributed by atoms with E-state index in [-0.39, 0.29) is 0 Å². The predicted molar refractivity (Wildman–Crippen MR) is 75.8 cm³/mol. The Hall–Kier alpha value is -0.860. The second-order valence-electron chi connectivity index (χ2n) is 5.14. The fraction of sp³-hybridized carbons (Fsp3) is 0.625. The van der Waals surface area contributed by atoms with E-state index in [1.165, 1.54) is 31.2 Å². The van der Waals surface area contributed by atoms with Crippen LogP contribution in [0.5, 0.6) is 0 Å². The summed E-state index contributed by atoms with van der Waals surface area (Å²) in [5.41, 5.74) is 1.41. The summed E-state index contributed by atoms with van der Waals surface area (Å²) < 4.78 is 5.65. The van der Waals surface area contributed by atoms with Crippen LogP contribution >= 0.6 is 0 Å². The first-order valence-corrected chi connectivity index (χ1v) is 7.30. The van der Waals surface area contributed by atoms with Crippen molar-refractivity contribution in [1.29, 1.82) is 0 Å². The first kappa shape index (κ1) is 13.6. The van der Waals surface area contributed by atoms with E-state index in [9.17, 15) is 0 Å². The minimum atomic E-state index is 0.844. The summed E-state index contributed by atoms with van der Waals surface area (Å²) in [4.78, 5) is 0. The molecule has 1 saturated carbocycles. The van der Waals surface area contributed by atoms with Gasteiger partial charge in [0.15, 0.2) is 0 Å². The zero-order valence-corrected chi connectivity index (χ0v) is 11.2. The molecule has 0 heterocycles. The molecule has 0 radical (unpaired) electrons. The number of rotatable bonds is 10. The lowest BCUT2D eigenvalue weighted by Crippen LogP contribution is -2.17. The molecule has 0 amide bonds. The average molecular weight is 247 g/mol. The van der Waals surface area contributed by atoms with Crippen LogP contribution in [0.3, 0.4) is 0 Å². The van der Waals surface area contributed by atoms with Gasteiger partial charge in [-0.05, 0) is 50.6 Å². The smallest absolute Gasteiger partial charge is 0.0469 e. The van der Waals surface area contributed by atoms with Gasteiger partial charge in [0.1, 0.15) is 0 Å². The molecule has 1 aromatic rings. The summed E-state index contributed by atoms with van der Waals surface area (Å²) in [6, 6.07) is 11.5. The lowest BCUT2D eigenvalue weighted by molar-refractivity contribution is 0.128. The van der Waals surface area contributed by atoms with Crippen molar-refractivity contribution in [3.63, 3.8) is 0 Å². The van der Waals surface area contributed by atoms with Gasteiger partial charge in [-0.3, -0.25) is 0 Å². The van der Waals surface area contributed by atoms with Crippen molar-refractivity contribution in [3.05, 3.63) is 35.9 Å². The molecule has 0 aliphatic heterocycles. The van der Waals surface area contributed by atoms with Crippen LogP contribution in [0.4, 0.5) is 0 Å². The van der Waals surface area contributed by atoms with Gasteiger partial charge < -0.3 is 10.1 Å². The lowest BCUT2D eigenvalue weighted by Gasteiger charge is -2.05. The number of ether oxygens (including phenoxy) is 1. The average Bonchev–Trinajstić information content (AvgIpc) is 3.22. The molecule has 18 heavy (non-hydrogen) atoms. The maximum Gasteiger partial charge on any atom is 0.0469 e. The second kappa shape index (κ2) is 8.28. The monoisotopic (exact) mass is 247 g/mol. The number of unbranched alkanes of at least 4 members (excludes halogenated alkanes) is 1. The predicted octanol–water partition coefficient (Wildman–Crippen LogP) is 3.17. The van der Waals surface area contributed by atoms with Crippen molar-refractivity contribution in [2.24, 2.45) is 0 Å². The van der Waals surface area contributed by atoms with E-state index in [0.29, 0.717) is 0 Å². The van der Waals surface area contributed by atoms with E-state index in [2.05, 4.69) is 35.6 Å².